The highest BCUT2D eigenvalue weighted by atomic mass is 16.5. The molecule has 1 heterocycles. The van der Waals surface area contributed by atoms with Crippen LogP contribution in [-0.2, 0) is 16.6 Å². The highest BCUT2D eigenvalue weighted by Gasteiger charge is 2.25. The molecule has 1 rings (SSSR count). The number of aromatic nitrogens is 2. The molecule has 1 N–H and O–H groups in total. The van der Waals surface area contributed by atoms with E-state index in [0.717, 1.165) is 0 Å². The quantitative estimate of drug-likeness (QED) is 0.637. The van der Waals surface area contributed by atoms with E-state index in [1.165, 1.54) is 11.8 Å². The Kier molecular flexibility index (Phi) is 4.47. The number of H-pyrrole nitrogens is 1. The molecule has 1 unspecified atom stereocenters. The molecule has 100 valence electrons. The number of nitrogens with zero attached hydrogens (tertiary/aromatic N) is 2. The molecule has 18 heavy (non-hydrogen) atoms. The molecule has 0 spiro atoms. The molecule has 0 aliphatic carbocycles. The molecule has 6 heteroatoms. The Balaban J connectivity index is 3.37. The first-order valence-corrected chi connectivity index (χ1v) is 5.82. The fourth-order valence-electron chi connectivity index (χ4n) is 1.84. The lowest BCUT2D eigenvalue weighted by atomic mass is 10.0. The zero-order chi connectivity index (χ0) is 13.9. The number of methoxy groups -OCH3 is 1. The van der Waals surface area contributed by atoms with E-state index in [-0.39, 0.29) is 11.5 Å². The molecule has 0 aromatic carbocycles. The summed E-state index contributed by atoms with van der Waals surface area (Å²) in [5, 5.41) is 2.89. The van der Waals surface area contributed by atoms with Gasteiger partial charge in [-0.15, -0.1) is 0 Å². The third-order valence-electron chi connectivity index (χ3n) is 2.82. The summed E-state index contributed by atoms with van der Waals surface area (Å²) in [6, 6.07) is 0. The molecule has 0 amide bonds. The van der Waals surface area contributed by atoms with Gasteiger partial charge in [0.25, 0.3) is 5.56 Å². The molecule has 0 radical (unpaired) electrons. The number of esters is 1. The van der Waals surface area contributed by atoms with Gasteiger partial charge < -0.3 is 4.74 Å². The zero-order valence-corrected chi connectivity index (χ0v) is 11.4. The van der Waals surface area contributed by atoms with Crippen LogP contribution in [0.25, 0.3) is 0 Å². The van der Waals surface area contributed by atoms with Gasteiger partial charge in [0, 0.05) is 19.3 Å². The summed E-state index contributed by atoms with van der Waals surface area (Å²) in [6.07, 6.45) is 0. The Hall–Kier alpha value is -1.85. The van der Waals surface area contributed by atoms with Crippen molar-refractivity contribution in [2.45, 2.75) is 26.7 Å². The fraction of sp³-hybridized carbons (Fsp3) is 0.583. The van der Waals surface area contributed by atoms with Crippen LogP contribution in [0.4, 0.5) is 0 Å². The molecule has 0 aliphatic heterocycles. The van der Waals surface area contributed by atoms with Crippen molar-refractivity contribution in [2.24, 2.45) is 12.0 Å². The minimum atomic E-state index is -0.527. The number of carbonyl (C=O) groups excluding carboxylic acids is 1. The first-order valence-electron chi connectivity index (χ1n) is 5.82. The monoisotopic (exact) mass is 253 g/mol. The van der Waals surface area contributed by atoms with E-state index in [2.05, 4.69) is 10.1 Å². The first-order chi connectivity index (χ1) is 8.43. The molecule has 0 aliphatic rings. The Morgan fingerprint density at radius 2 is 2.17 bits per heavy atom. The van der Waals surface area contributed by atoms with Crippen LogP contribution in [-0.4, -0.2) is 35.1 Å². The van der Waals surface area contributed by atoms with Gasteiger partial charge in [-0.25, -0.2) is 0 Å². The maximum atomic E-state index is 12.0. The lowest BCUT2D eigenvalue weighted by Crippen LogP contribution is -2.19. The van der Waals surface area contributed by atoms with Crippen molar-refractivity contribution in [2.75, 3.05) is 13.7 Å². The highest BCUT2D eigenvalue weighted by Crippen LogP contribution is 2.17. The van der Waals surface area contributed by atoms with Gasteiger partial charge in [-0.2, -0.15) is 0 Å². The maximum absolute atomic E-state index is 12.0. The van der Waals surface area contributed by atoms with Crippen molar-refractivity contribution in [1.82, 2.24) is 9.78 Å². The number of rotatable bonds is 4. The SMILES string of the molecule is CCN=C(C)c1c(C(C)C(=O)OC)[nH]n(C)c1=O. The summed E-state index contributed by atoms with van der Waals surface area (Å²) >= 11 is 0. The number of hydrogen-bond donors (Lipinski definition) is 1. The summed E-state index contributed by atoms with van der Waals surface area (Å²) in [6.45, 7) is 5.94. The van der Waals surface area contributed by atoms with Crippen molar-refractivity contribution in [3.05, 3.63) is 21.6 Å². The lowest BCUT2D eigenvalue weighted by Gasteiger charge is -2.09. The summed E-state index contributed by atoms with van der Waals surface area (Å²) < 4.78 is 6.05. The van der Waals surface area contributed by atoms with E-state index in [4.69, 9.17) is 4.74 Å². The van der Waals surface area contributed by atoms with E-state index < -0.39 is 5.92 Å². The summed E-state index contributed by atoms with van der Waals surface area (Å²) in [5.41, 5.74) is 1.45. The third kappa shape index (κ3) is 2.52. The number of aliphatic imine (C=N–C) groups is 1. The van der Waals surface area contributed by atoms with E-state index >= 15 is 0 Å². The van der Waals surface area contributed by atoms with Crippen LogP contribution in [0.3, 0.4) is 0 Å². The van der Waals surface area contributed by atoms with Gasteiger partial charge in [0.05, 0.1) is 24.3 Å². The number of nitrogens with one attached hydrogen (secondary N) is 1. The minimum Gasteiger partial charge on any atom is -0.469 e. The van der Waals surface area contributed by atoms with E-state index in [1.54, 1.807) is 20.9 Å². The van der Waals surface area contributed by atoms with Gasteiger partial charge >= 0.3 is 5.97 Å². The van der Waals surface area contributed by atoms with Gasteiger partial charge in [0.1, 0.15) is 0 Å². The van der Waals surface area contributed by atoms with E-state index in [9.17, 15) is 9.59 Å². The first kappa shape index (κ1) is 14.2. The van der Waals surface area contributed by atoms with Gasteiger partial charge in [-0.3, -0.25) is 24.4 Å². The molecule has 1 aromatic heterocycles. The maximum Gasteiger partial charge on any atom is 0.314 e. The average Bonchev–Trinajstić information content (AvgIpc) is 2.64. The van der Waals surface area contributed by atoms with Crippen molar-refractivity contribution < 1.29 is 9.53 Å². The standard InChI is InChI=1S/C12H19N3O3/c1-6-13-8(3)9-10(7(2)12(17)18-5)14-15(4)11(9)16/h7,14H,6H2,1-5H3. The summed E-state index contributed by atoms with van der Waals surface area (Å²) in [7, 11) is 2.94. The number of ether oxygens (including phenoxy) is 1. The Bertz CT molecular complexity index is 525. The smallest absolute Gasteiger partial charge is 0.314 e. The normalized spacial score (nSPS) is 13.5. The van der Waals surface area contributed by atoms with Gasteiger partial charge in [0.2, 0.25) is 0 Å². The Morgan fingerprint density at radius 3 is 2.67 bits per heavy atom. The molecule has 1 atom stereocenters. The van der Waals surface area contributed by atoms with Gasteiger partial charge in [-0.05, 0) is 20.8 Å². The summed E-state index contributed by atoms with van der Waals surface area (Å²) in [4.78, 5) is 27.8. The fourth-order valence-corrected chi connectivity index (χ4v) is 1.84. The molecule has 0 saturated carbocycles. The number of aromatic amines is 1. The second-order valence-electron chi connectivity index (χ2n) is 4.07. The Morgan fingerprint density at radius 1 is 1.56 bits per heavy atom. The molecule has 1 aromatic rings. The molecular weight excluding hydrogens is 234 g/mol. The van der Waals surface area contributed by atoms with Crippen LogP contribution in [0.5, 0.6) is 0 Å². The van der Waals surface area contributed by atoms with Crippen LogP contribution in [0.15, 0.2) is 9.79 Å². The van der Waals surface area contributed by atoms with E-state index in [1.807, 2.05) is 6.92 Å². The van der Waals surface area contributed by atoms with Crippen molar-refractivity contribution in [3.63, 3.8) is 0 Å². The van der Waals surface area contributed by atoms with Crippen molar-refractivity contribution in [1.29, 1.82) is 0 Å². The molecule has 6 nitrogen and oxygen atoms in total. The average molecular weight is 253 g/mol. The molecule has 0 saturated heterocycles. The lowest BCUT2D eigenvalue weighted by molar-refractivity contribution is -0.142. The minimum absolute atomic E-state index is 0.185. The zero-order valence-electron chi connectivity index (χ0n) is 11.4. The second kappa shape index (κ2) is 5.66. The molecule has 0 bridgehead atoms. The number of aryl methyl sites for hydroxylation is 1. The predicted octanol–water partition coefficient (Wildman–Crippen LogP) is 0.819. The van der Waals surface area contributed by atoms with Gasteiger partial charge in [0.15, 0.2) is 0 Å². The topological polar surface area (TPSA) is 76.4 Å². The molecular formula is C12H19N3O3. The van der Waals surface area contributed by atoms with Crippen LogP contribution < -0.4 is 5.56 Å². The second-order valence-corrected chi connectivity index (χ2v) is 4.07. The van der Waals surface area contributed by atoms with Crippen LogP contribution in [0.1, 0.15) is 37.9 Å². The van der Waals surface area contributed by atoms with Crippen molar-refractivity contribution in [3.8, 4) is 0 Å². The molecule has 0 fully saturated rings. The predicted molar refractivity (Wildman–Crippen MR) is 69.2 cm³/mol. The largest absolute Gasteiger partial charge is 0.469 e. The van der Waals surface area contributed by atoms with Gasteiger partial charge in [-0.1, -0.05) is 0 Å². The number of hydrogen-bond acceptors (Lipinski definition) is 4. The summed E-state index contributed by atoms with van der Waals surface area (Å²) in [5.74, 6) is -0.914. The third-order valence-corrected chi connectivity index (χ3v) is 2.82. The number of carbonyl (C=O) groups is 1. The van der Waals surface area contributed by atoms with E-state index in [0.29, 0.717) is 23.5 Å². The Labute approximate surface area is 106 Å². The van der Waals surface area contributed by atoms with Crippen LogP contribution >= 0.6 is 0 Å². The van der Waals surface area contributed by atoms with Crippen molar-refractivity contribution >= 4 is 11.7 Å². The van der Waals surface area contributed by atoms with Crippen LogP contribution in [0.2, 0.25) is 0 Å². The highest BCUT2D eigenvalue weighted by molar-refractivity contribution is 6.00. The van der Waals surface area contributed by atoms with Crippen LogP contribution in [0, 0.1) is 0 Å².